The van der Waals surface area contributed by atoms with Crippen molar-refractivity contribution in [3.05, 3.63) is 54.4 Å². The molecule has 1 aromatic carbocycles. The van der Waals surface area contributed by atoms with E-state index in [9.17, 15) is 4.79 Å². The van der Waals surface area contributed by atoms with Crippen LogP contribution in [0.1, 0.15) is 18.9 Å². The average Bonchev–Trinajstić information content (AvgIpc) is 2.48. The first-order valence-corrected chi connectivity index (χ1v) is 7.21. The van der Waals surface area contributed by atoms with Crippen molar-refractivity contribution in [1.82, 2.24) is 9.88 Å². The number of Topliss-reactive ketones (excluding diaryl/α,β-unsaturated/α-hetero) is 1. The van der Waals surface area contributed by atoms with E-state index in [1.807, 2.05) is 26.4 Å². The minimum Gasteiger partial charge on any atom is -0.306 e. The third kappa shape index (κ3) is 4.50. The van der Waals surface area contributed by atoms with Gasteiger partial charge in [0, 0.05) is 24.9 Å². The van der Waals surface area contributed by atoms with Crippen LogP contribution in [0.3, 0.4) is 0 Å². The van der Waals surface area contributed by atoms with Crippen LogP contribution in [-0.2, 0) is 11.2 Å². The first kappa shape index (κ1) is 15.4. The molecule has 2 aromatic rings. The summed E-state index contributed by atoms with van der Waals surface area (Å²) in [5.74, 6) is 0.237. The Bertz CT molecular complexity index is 576. The van der Waals surface area contributed by atoms with Crippen LogP contribution in [0.5, 0.6) is 0 Å². The minimum atomic E-state index is 0.237. The summed E-state index contributed by atoms with van der Waals surface area (Å²) in [7, 11) is 4.05. The molecule has 0 fully saturated rings. The van der Waals surface area contributed by atoms with Crippen molar-refractivity contribution in [2.75, 3.05) is 14.1 Å². The van der Waals surface area contributed by atoms with Gasteiger partial charge in [0.15, 0.2) is 0 Å². The van der Waals surface area contributed by atoms with Crippen molar-refractivity contribution >= 4 is 5.78 Å². The van der Waals surface area contributed by atoms with Gasteiger partial charge in [0.05, 0.1) is 0 Å². The summed E-state index contributed by atoms with van der Waals surface area (Å²) >= 11 is 0. The van der Waals surface area contributed by atoms with Crippen molar-refractivity contribution in [2.45, 2.75) is 25.8 Å². The van der Waals surface area contributed by atoms with Gasteiger partial charge in [-0.1, -0.05) is 30.3 Å². The van der Waals surface area contributed by atoms with Gasteiger partial charge in [-0.15, -0.1) is 0 Å². The highest BCUT2D eigenvalue weighted by molar-refractivity contribution is 5.76. The summed E-state index contributed by atoms with van der Waals surface area (Å²) in [6.45, 7) is 1.65. The molecule has 1 heterocycles. The highest BCUT2D eigenvalue weighted by atomic mass is 16.1. The van der Waals surface area contributed by atoms with Crippen molar-refractivity contribution in [3.8, 4) is 11.1 Å². The molecule has 0 saturated carbocycles. The second-order valence-corrected chi connectivity index (χ2v) is 5.67. The van der Waals surface area contributed by atoms with Gasteiger partial charge in [-0.3, -0.25) is 9.78 Å². The van der Waals surface area contributed by atoms with E-state index in [1.165, 1.54) is 11.1 Å². The monoisotopic (exact) mass is 282 g/mol. The standard InChI is InChI=1S/C18H22N2O/c1-14(21)11-18(20(2)3)12-15-6-8-16(9-7-15)17-5-4-10-19-13-17/h4-10,13,18H,11-12H2,1-3H3. The van der Waals surface area contributed by atoms with Crippen LogP contribution in [0.2, 0.25) is 0 Å². The van der Waals surface area contributed by atoms with Gasteiger partial charge >= 0.3 is 0 Å². The molecule has 3 heteroatoms. The van der Waals surface area contributed by atoms with Gasteiger partial charge in [-0.05, 0) is 50.2 Å². The molecule has 0 spiro atoms. The molecule has 2 rings (SSSR count). The molecule has 21 heavy (non-hydrogen) atoms. The minimum absolute atomic E-state index is 0.237. The smallest absolute Gasteiger partial charge is 0.131 e. The predicted molar refractivity (Wildman–Crippen MR) is 86.2 cm³/mol. The highest BCUT2D eigenvalue weighted by Gasteiger charge is 2.14. The largest absolute Gasteiger partial charge is 0.306 e. The van der Waals surface area contributed by atoms with E-state index in [0.717, 1.165) is 12.0 Å². The van der Waals surface area contributed by atoms with Crippen LogP contribution in [0.4, 0.5) is 0 Å². The fraction of sp³-hybridized carbons (Fsp3) is 0.333. The maximum Gasteiger partial charge on any atom is 0.131 e. The number of carbonyl (C=O) groups is 1. The molecule has 0 radical (unpaired) electrons. The third-order valence-corrected chi connectivity index (χ3v) is 3.67. The van der Waals surface area contributed by atoms with Gasteiger partial charge in [0.25, 0.3) is 0 Å². The number of nitrogens with zero attached hydrogens (tertiary/aromatic N) is 2. The zero-order valence-corrected chi connectivity index (χ0v) is 12.9. The lowest BCUT2D eigenvalue weighted by Crippen LogP contribution is -2.31. The fourth-order valence-corrected chi connectivity index (χ4v) is 2.41. The lowest BCUT2D eigenvalue weighted by atomic mass is 9.98. The van der Waals surface area contributed by atoms with Crippen molar-refractivity contribution in [2.24, 2.45) is 0 Å². The predicted octanol–water partition coefficient (Wildman–Crippen LogP) is 3.20. The Morgan fingerprint density at radius 1 is 1.14 bits per heavy atom. The topological polar surface area (TPSA) is 33.2 Å². The van der Waals surface area contributed by atoms with Gasteiger partial charge < -0.3 is 4.90 Å². The highest BCUT2D eigenvalue weighted by Crippen LogP contribution is 2.19. The first-order chi connectivity index (χ1) is 10.1. The lowest BCUT2D eigenvalue weighted by Gasteiger charge is -2.23. The summed E-state index contributed by atoms with van der Waals surface area (Å²) < 4.78 is 0. The Labute approximate surface area is 126 Å². The van der Waals surface area contributed by atoms with E-state index in [-0.39, 0.29) is 11.8 Å². The molecule has 0 bridgehead atoms. The van der Waals surface area contributed by atoms with E-state index >= 15 is 0 Å². The molecule has 1 aromatic heterocycles. The summed E-state index contributed by atoms with van der Waals surface area (Å²) in [6, 6.07) is 12.8. The van der Waals surface area contributed by atoms with Crippen LogP contribution in [0, 0.1) is 0 Å². The number of hydrogen-bond acceptors (Lipinski definition) is 3. The van der Waals surface area contributed by atoms with Crippen molar-refractivity contribution in [1.29, 1.82) is 0 Å². The first-order valence-electron chi connectivity index (χ1n) is 7.21. The second kappa shape index (κ2) is 7.14. The number of likely N-dealkylation sites (N-methyl/N-ethyl adjacent to an activating group) is 1. The molecule has 1 atom stereocenters. The number of rotatable bonds is 6. The van der Waals surface area contributed by atoms with Gasteiger partial charge in [-0.2, -0.15) is 0 Å². The SMILES string of the molecule is CC(=O)CC(Cc1ccc(-c2cccnc2)cc1)N(C)C. The van der Waals surface area contributed by atoms with Crippen LogP contribution in [-0.4, -0.2) is 35.8 Å². The molecule has 0 aliphatic carbocycles. The number of hydrogen-bond donors (Lipinski definition) is 0. The fourth-order valence-electron chi connectivity index (χ4n) is 2.41. The van der Waals surface area contributed by atoms with E-state index in [1.54, 1.807) is 13.1 Å². The van der Waals surface area contributed by atoms with Gasteiger partial charge in [-0.25, -0.2) is 0 Å². The molecule has 110 valence electrons. The molecule has 0 aliphatic heterocycles. The summed E-state index contributed by atoms with van der Waals surface area (Å²) in [4.78, 5) is 17.6. The average molecular weight is 282 g/mol. The van der Waals surface area contributed by atoms with Gasteiger partial charge in [0.2, 0.25) is 0 Å². The Kier molecular flexibility index (Phi) is 5.23. The molecule has 0 amide bonds. The molecule has 0 aliphatic rings. The van der Waals surface area contributed by atoms with Crippen molar-refractivity contribution < 1.29 is 4.79 Å². The van der Waals surface area contributed by atoms with E-state index < -0.39 is 0 Å². The maximum absolute atomic E-state index is 11.4. The number of benzene rings is 1. The molecular weight excluding hydrogens is 260 g/mol. The summed E-state index contributed by atoms with van der Waals surface area (Å²) in [5, 5.41) is 0. The van der Waals surface area contributed by atoms with Crippen LogP contribution >= 0.6 is 0 Å². The maximum atomic E-state index is 11.4. The molecule has 1 unspecified atom stereocenters. The molecule has 0 N–H and O–H groups in total. The third-order valence-electron chi connectivity index (χ3n) is 3.67. The van der Waals surface area contributed by atoms with Crippen LogP contribution in [0.15, 0.2) is 48.8 Å². The van der Waals surface area contributed by atoms with Crippen LogP contribution < -0.4 is 0 Å². The Hall–Kier alpha value is -2.00. The summed E-state index contributed by atoms with van der Waals surface area (Å²) in [6.07, 6.45) is 5.13. The lowest BCUT2D eigenvalue weighted by molar-refractivity contribution is -0.118. The molecular formula is C18H22N2O. The number of pyridine rings is 1. The quantitative estimate of drug-likeness (QED) is 0.815. The van der Waals surface area contributed by atoms with Crippen LogP contribution in [0.25, 0.3) is 11.1 Å². The second-order valence-electron chi connectivity index (χ2n) is 5.67. The molecule has 3 nitrogen and oxygen atoms in total. The summed E-state index contributed by atoms with van der Waals surface area (Å²) in [5.41, 5.74) is 3.54. The zero-order valence-electron chi connectivity index (χ0n) is 12.9. The number of carbonyl (C=O) groups excluding carboxylic acids is 1. The number of aromatic nitrogens is 1. The number of ketones is 1. The Morgan fingerprint density at radius 3 is 2.38 bits per heavy atom. The van der Waals surface area contributed by atoms with E-state index in [0.29, 0.717) is 6.42 Å². The van der Waals surface area contributed by atoms with Gasteiger partial charge in [0.1, 0.15) is 5.78 Å². The normalized spacial score (nSPS) is 12.4. The van der Waals surface area contributed by atoms with E-state index in [4.69, 9.17) is 0 Å². The van der Waals surface area contributed by atoms with E-state index in [2.05, 4.69) is 40.2 Å². The zero-order chi connectivity index (χ0) is 15.2. The Balaban J connectivity index is 2.10. The molecule has 0 saturated heterocycles. The van der Waals surface area contributed by atoms with Crippen molar-refractivity contribution in [3.63, 3.8) is 0 Å². The Morgan fingerprint density at radius 2 is 1.86 bits per heavy atom.